The molecule has 3 N–H and O–H groups in total. The summed E-state index contributed by atoms with van der Waals surface area (Å²) < 4.78 is 0. The second kappa shape index (κ2) is 4.66. The van der Waals surface area contributed by atoms with Gasteiger partial charge in [0.2, 0.25) is 5.91 Å². The molecule has 3 nitrogen and oxygen atoms in total. The zero-order chi connectivity index (χ0) is 11.5. The van der Waals surface area contributed by atoms with Crippen LogP contribution in [0, 0.1) is 5.92 Å². The van der Waals surface area contributed by atoms with E-state index in [2.05, 4.69) is 5.32 Å². The number of carbonyl (C=O) groups is 1. The van der Waals surface area contributed by atoms with Crippen LogP contribution in [-0.2, 0) is 4.79 Å². The first-order valence-electron chi connectivity index (χ1n) is 5.78. The molecule has 1 aliphatic carbocycles. The second-order valence-corrected chi connectivity index (χ2v) is 4.59. The van der Waals surface area contributed by atoms with Crippen molar-refractivity contribution < 1.29 is 4.79 Å². The SMILES string of the molecule is CC(=O)Nc1ccc([C@H](N)CC2CC2)cc1. The van der Waals surface area contributed by atoms with Crippen molar-refractivity contribution in [3.8, 4) is 0 Å². The van der Waals surface area contributed by atoms with Crippen LogP contribution in [-0.4, -0.2) is 5.91 Å². The van der Waals surface area contributed by atoms with Crippen LogP contribution in [0.3, 0.4) is 0 Å². The molecule has 0 radical (unpaired) electrons. The summed E-state index contributed by atoms with van der Waals surface area (Å²) in [6.45, 7) is 1.51. The Labute approximate surface area is 96.0 Å². The first-order chi connectivity index (χ1) is 7.65. The minimum absolute atomic E-state index is 0.0463. The molecule has 1 aliphatic rings. The molecule has 0 spiro atoms. The summed E-state index contributed by atoms with van der Waals surface area (Å²) in [4.78, 5) is 10.8. The van der Waals surface area contributed by atoms with Gasteiger partial charge in [-0.05, 0) is 30.0 Å². The molecule has 0 aliphatic heterocycles. The number of hydrogen-bond acceptors (Lipinski definition) is 2. The molecule has 16 heavy (non-hydrogen) atoms. The average molecular weight is 218 g/mol. The van der Waals surface area contributed by atoms with Crippen molar-refractivity contribution in [2.75, 3.05) is 5.32 Å². The summed E-state index contributed by atoms with van der Waals surface area (Å²) in [6, 6.07) is 7.95. The molecule has 1 fully saturated rings. The summed E-state index contributed by atoms with van der Waals surface area (Å²) in [5, 5.41) is 2.74. The Kier molecular flexibility index (Phi) is 3.25. The first-order valence-corrected chi connectivity index (χ1v) is 5.78. The lowest BCUT2D eigenvalue weighted by Crippen LogP contribution is -2.11. The quantitative estimate of drug-likeness (QED) is 0.815. The zero-order valence-electron chi connectivity index (χ0n) is 9.57. The van der Waals surface area contributed by atoms with E-state index in [1.165, 1.54) is 19.8 Å². The van der Waals surface area contributed by atoms with Crippen LogP contribution in [0.15, 0.2) is 24.3 Å². The summed E-state index contributed by atoms with van der Waals surface area (Å²) in [7, 11) is 0. The number of anilines is 1. The largest absolute Gasteiger partial charge is 0.326 e. The molecule has 0 saturated heterocycles. The molecule has 86 valence electrons. The van der Waals surface area contributed by atoms with E-state index in [1.807, 2.05) is 24.3 Å². The molecule has 1 aromatic rings. The third-order valence-electron chi connectivity index (χ3n) is 2.94. The van der Waals surface area contributed by atoms with Gasteiger partial charge in [-0.25, -0.2) is 0 Å². The van der Waals surface area contributed by atoms with Crippen LogP contribution in [0.2, 0.25) is 0 Å². The van der Waals surface area contributed by atoms with Crippen molar-refractivity contribution in [3.05, 3.63) is 29.8 Å². The number of amides is 1. The lowest BCUT2D eigenvalue weighted by molar-refractivity contribution is -0.114. The Bertz CT molecular complexity index is 368. The predicted molar refractivity (Wildman–Crippen MR) is 65.0 cm³/mol. The number of hydrogen-bond donors (Lipinski definition) is 2. The van der Waals surface area contributed by atoms with Crippen LogP contribution in [0.4, 0.5) is 5.69 Å². The molecule has 3 heteroatoms. The van der Waals surface area contributed by atoms with Gasteiger partial charge in [0.1, 0.15) is 0 Å². The molecular weight excluding hydrogens is 200 g/mol. The second-order valence-electron chi connectivity index (χ2n) is 4.59. The lowest BCUT2D eigenvalue weighted by atomic mass is 10.0. The van der Waals surface area contributed by atoms with Gasteiger partial charge >= 0.3 is 0 Å². The van der Waals surface area contributed by atoms with E-state index in [4.69, 9.17) is 5.73 Å². The van der Waals surface area contributed by atoms with Gasteiger partial charge in [0.15, 0.2) is 0 Å². The third kappa shape index (κ3) is 3.07. The van der Waals surface area contributed by atoms with Gasteiger partial charge in [0.25, 0.3) is 0 Å². The van der Waals surface area contributed by atoms with Crippen molar-refractivity contribution in [3.63, 3.8) is 0 Å². The van der Waals surface area contributed by atoms with Crippen LogP contribution in [0.5, 0.6) is 0 Å². The fourth-order valence-electron chi connectivity index (χ4n) is 1.87. The maximum atomic E-state index is 10.8. The van der Waals surface area contributed by atoms with Crippen molar-refractivity contribution in [2.24, 2.45) is 11.7 Å². The van der Waals surface area contributed by atoms with Gasteiger partial charge in [0, 0.05) is 18.7 Å². The van der Waals surface area contributed by atoms with E-state index in [0.717, 1.165) is 23.6 Å². The smallest absolute Gasteiger partial charge is 0.221 e. The molecule has 0 unspecified atom stereocenters. The van der Waals surface area contributed by atoms with Crippen molar-refractivity contribution in [2.45, 2.75) is 32.2 Å². The Balaban J connectivity index is 1.97. The van der Waals surface area contributed by atoms with E-state index < -0.39 is 0 Å². The molecule has 1 saturated carbocycles. The van der Waals surface area contributed by atoms with E-state index in [1.54, 1.807) is 0 Å². The molecule has 1 amide bonds. The maximum absolute atomic E-state index is 10.8. The van der Waals surface area contributed by atoms with Crippen LogP contribution in [0.25, 0.3) is 0 Å². The highest BCUT2D eigenvalue weighted by molar-refractivity contribution is 5.88. The molecular formula is C13H18N2O. The highest BCUT2D eigenvalue weighted by Crippen LogP contribution is 2.36. The summed E-state index contributed by atoms with van der Waals surface area (Å²) >= 11 is 0. The molecule has 1 atom stereocenters. The van der Waals surface area contributed by atoms with E-state index in [9.17, 15) is 4.79 Å². The minimum Gasteiger partial charge on any atom is -0.326 e. The first kappa shape index (κ1) is 11.1. The van der Waals surface area contributed by atoms with Crippen molar-refractivity contribution in [1.82, 2.24) is 0 Å². The van der Waals surface area contributed by atoms with Gasteiger partial charge in [-0.2, -0.15) is 0 Å². The molecule has 1 aromatic carbocycles. The minimum atomic E-state index is -0.0463. The van der Waals surface area contributed by atoms with Gasteiger partial charge in [-0.3, -0.25) is 4.79 Å². The van der Waals surface area contributed by atoms with Crippen molar-refractivity contribution >= 4 is 11.6 Å². The number of nitrogens with one attached hydrogen (secondary N) is 1. The Morgan fingerprint density at radius 3 is 2.56 bits per heavy atom. The normalized spacial score (nSPS) is 16.9. The Morgan fingerprint density at radius 1 is 1.44 bits per heavy atom. The average Bonchev–Trinajstić information content (AvgIpc) is 3.01. The number of carbonyl (C=O) groups excluding carboxylic acids is 1. The highest BCUT2D eigenvalue weighted by Gasteiger charge is 2.24. The van der Waals surface area contributed by atoms with Crippen LogP contribution in [0.1, 0.15) is 37.8 Å². The maximum Gasteiger partial charge on any atom is 0.221 e. The Morgan fingerprint density at radius 2 is 2.06 bits per heavy atom. The van der Waals surface area contributed by atoms with Gasteiger partial charge in [0.05, 0.1) is 0 Å². The number of nitrogens with two attached hydrogens (primary N) is 1. The number of rotatable bonds is 4. The summed E-state index contributed by atoms with van der Waals surface area (Å²) in [6.07, 6.45) is 3.74. The third-order valence-corrected chi connectivity index (χ3v) is 2.94. The van der Waals surface area contributed by atoms with Crippen LogP contribution >= 0.6 is 0 Å². The fourth-order valence-corrected chi connectivity index (χ4v) is 1.87. The van der Waals surface area contributed by atoms with Gasteiger partial charge < -0.3 is 11.1 Å². The van der Waals surface area contributed by atoms with Gasteiger partial charge in [-0.1, -0.05) is 25.0 Å². The lowest BCUT2D eigenvalue weighted by Gasteiger charge is -2.12. The topological polar surface area (TPSA) is 55.1 Å². The summed E-state index contributed by atoms with van der Waals surface area (Å²) in [5.74, 6) is 0.792. The van der Waals surface area contributed by atoms with Crippen LogP contribution < -0.4 is 11.1 Å². The van der Waals surface area contributed by atoms with E-state index in [-0.39, 0.29) is 11.9 Å². The fraction of sp³-hybridized carbons (Fsp3) is 0.462. The summed E-state index contributed by atoms with van der Waals surface area (Å²) in [5.41, 5.74) is 8.08. The molecule has 0 heterocycles. The van der Waals surface area contributed by atoms with E-state index >= 15 is 0 Å². The van der Waals surface area contributed by atoms with Crippen molar-refractivity contribution in [1.29, 1.82) is 0 Å². The molecule has 2 rings (SSSR count). The molecule has 0 bridgehead atoms. The zero-order valence-corrected chi connectivity index (χ0v) is 9.57. The monoisotopic (exact) mass is 218 g/mol. The Hall–Kier alpha value is -1.35. The molecule has 0 aromatic heterocycles. The predicted octanol–water partition coefficient (Wildman–Crippen LogP) is 2.44. The highest BCUT2D eigenvalue weighted by atomic mass is 16.1. The van der Waals surface area contributed by atoms with Gasteiger partial charge in [-0.15, -0.1) is 0 Å². The number of benzene rings is 1. The standard InChI is InChI=1S/C13H18N2O/c1-9(16)15-12-6-4-11(5-7-12)13(14)8-10-2-3-10/h4-7,10,13H,2-3,8,14H2,1H3,(H,15,16)/t13-/m1/s1. The van der Waals surface area contributed by atoms with E-state index in [0.29, 0.717) is 0 Å².